The van der Waals surface area contributed by atoms with E-state index in [4.69, 9.17) is 0 Å². The van der Waals surface area contributed by atoms with E-state index in [1.165, 1.54) is 12.1 Å². The zero-order valence-electron chi connectivity index (χ0n) is 10.1. The fourth-order valence-electron chi connectivity index (χ4n) is 1.75. The zero-order chi connectivity index (χ0) is 13.1. The fraction of sp³-hybridized carbons (Fsp3) is 0.231. The Kier molecular flexibility index (Phi) is 3.50. The summed E-state index contributed by atoms with van der Waals surface area (Å²) in [6, 6.07) is 3.21. The largest absolute Gasteiger partial charge is 0.375 e. The van der Waals surface area contributed by atoms with Crippen molar-refractivity contribution in [2.24, 2.45) is 0 Å². The highest BCUT2D eigenvalue weighted by atomic mass is 19.1. The Morgan fingerprint density at radius 2 is 1.89 bits per heavy atom. The van der Waals surface area contributed by atoms with E-state index in [-0.39, 0.29) is 11.7 Å². The third-order valence-corrected chi connectivity index (χ3v) is 2.63. The molecule has 1 aromatic carbocycles. The smallest absolute Gasteiger partial charge is 0.149 e. The second-order valence-corrected chi connectivity index (χ2v) is 4.02. The minimum atomic E-state index is -0.622. The van der Waals surface area contributed by atoms with Crippen LogP contribution in [0.4, 0.5) is 14.5 Å². The van der Waals surface area contributed by atoms with Crippen LogP contribution in [0.5, 0.6) is 0 Å². The molecule has 1 heterocycles. The molecule has 3 nitrogen and oxygen atoms in total. The van der Waals surface area contributed by atoms with Gasteiger partial charge in [-0.05, 0) is 26.0 Å². The Labute approximate surface area is 104 Å². The Morgan fingerprint density at radius 1 is 1.17 bits per heavy atom. The Balaban J connectivity index is 2.21. The molecule has 1 aromatic heterocycles. The van der Waals surface area contributed by atoms with E-state index in [2.05, 4.69) is 15.3 Å². The predicted molar refractivity (Wildman–Crippen MR) is 65.2 cm³/mol. The normalized spacial score (nSPS) is 12.2. The molecule has 0 spiro atoms. The van der Waals surface area contributed by atoms with E-state index >= 15 is 0 Å². The molecule has 94 valence electrons. The standard InChI is InChI=1S/C13H13F2N3/c1-8-13(17-6-5-16-8)9(2)18-12-4-3-10(14)7-11(12)15/h3-7,9,18H,1-2H3. The maximum absolute atomic E-state index is 13.5. The van der Waals surface area contributed by atoms with Crippen molar-refractivity contribution in [1.82, 2.24) is 9.97 Å². The Bertz CT molecular complexity index is 558. The molecule has 0 saturated heterocycles. The topological polar surface area (TPSA) is 37.8 Å². The number of rotatable bonds is 3. The average molecular weight is 249 g/mol. The molecule has 1 unspecified atom stereocenters. The van der Waals surface area contributed by atoms with Gasteiger partial charge in [0.25, 0.3) is 0 Å². The second-order valence-electron chi connectivity index (χ2n) is 4.02. The summed E-state index contributed by atoms with van der Waals surface area (Å²) in [6.07, 6.45) is 3.19. The molecule has 0 amide bonds. The van der Waals surface area contributed by atoms with Gasteiger partial charge in [-0.15, -0.1) is 0 Å². The monoisotopic (exact) mass is 249 g/mol. The van der Waals surface area contributed by atoms with Gasteiger partial charge in [0.15, 0.2) is 0 Å². The molecule has 0 saturated carbocycles. The number of hydrogen-bond donors (Lipinski definition) is 1. The molecule has 18 heavy (non-hydrogen) atoms. The van der Waals surface area contributed by atoms with E-state index in [1.807, 2.05) is 13.8 Å². The molecule has 1 atom stereocenters. The van der Waals surface area contributed by atoms with Crippen LogP contribution in [0.2, 0.25) is 0 Å². The number of nitrogens with one attached hydrogen (secondary N) is 1. The molecule has 0 bridgehead atoms. The van der Waals surface area contributed by atoms with E-state index in [0.717, 1.165) is 17.5 Å². The minimum Gasteiger partial charge on any atom is -0.375 e. The number of hydrogen-bond acceptors (Lipinski definition) is 3. The molecule has 0 fully saturated rings. The average Bonchev–Trinajstić information content (AvgIpc) is 2.33. The van der Waals surface area contributed by atoms with Crippen molar-refractivity contribution in [3.63, 3.8) is 0 Å². The number of aryl methyl sites for hydroxylation is 1. The molecular formula is C13H13F2N3. The summed E-state index contributed by atoms with van der Waals surface area (Å²) in [4.78, 5) is 8.32. The number of anilines is 1. The van der Waals surface area contributed by atoms with Crippen LogP contribution < -0.4 is 5.32 Å². The van der Waals surface area contributed by atoms with Gasteiger partial charge in [-0.25, -0.2) is 8.78 Å². The van der Waals surface area contributed by atoms with Gasteiger partial charge >= 0.3 is 0 Å². The van der Waals surface area contributed by atoms with Gasteiger partial charge in [-0.1, -0.05) is 0 Å². The van der Waals surface area contributed by atoms with E-state index in [0.29, 0.717) is 0 Å². The number of benzene rings is 1. The van der Waals surface area contributed by atoms with Gasteiger partial charge < -0.3 is 5.32 Å². The summed E-state index contributed by atoms with van der Waals surface area (Å²) in [5.41, 5.74) is 1.76. The Hall–Kier alpha value is -2.04. The van der Waals surface area contributed by atoms with Crippen LogP contribution in [-0.4, -0.2) is 9.97 Å². The first kappa shape index (κ1) is 12.4. The lowest BCUT2D eigenvalue weighted by Gasteiger charge is -2.16. The van der Waals surface area contributed by atoms with Crippen LogP contribution in [-0.2, 0) is 0 Å². The number of halogens is 2. The van der Waals surface area contributed by atoms with E-state index in [9.17, 15) is 8.78 Å². The van der Waals surface area contributed by atoms with Gasteiger partial charge in [-0.2, -0.15) is 0 Å². The van der Waals surface area contributed by atoms with Crippen LogP contribution in [0.15, 0.2) is 30.6 Å². The van der Waals surface area contributed by atoms with Crippen molar-refractivity contribution in [2.45, 2.75) is 19.9 Å². The summed E-state index contributed by atoms with van der Waals surface area (Å²) >= 11 is 0. The predicted octanol–water partition coefficient (Wildman–Crippen LogP) is 3.24. The summed E-state index contributed by atoms with van der Waals surface area (Å²) in [7, 11) is 0. The van der Waals surface area contributed by atoms with Crippen LogP contribution >= 0.6 is 0 Å². The van der Waals surface area contributed by atoms with Gasteiger partial charge in [0.05, 0.1) is 23.1 Å². The van der Waals surface area contributed by atoms with Crippen molar-refractivity contribution >= 4 is 5.69 Å². The van der Waals surface area contributed by atoms with E-state index in [1.54, 1.807) is 12.4 Å². The van der Waals surface area contributed by atoms with Crippen LogP contribution in [0.1, 0.15) is 24.4 Å². The molecule has 0 aliphatic heterocycles. The van der Waals surface area contributed by atoms with Gasteiger partial charge in [0.1, 0.15) is 11.6 Å². The highest BCUT2D eigenvalue weighted by Crippen LogP contribution is 2.22. The lowest BCUT2D eigenvalue weighted by atomic mass is 10.1. The first-order valence-corrected chi connectivity index (χ1v) is 5.57. The van der Waals surface area contributed by atoms with Crippen molar-refractivity contribution in [2.75, 3.05) is 5.32 Å². The summed E-state index contributed by atoms with van der Waals surface area (Å²) < 4.78 is 26.3. The van der Waals surface area contributed by atoms with Crippen molar-refractivity contribution in [1.29, 1.82) is 0 Å². The van der Waals surface area contributed by atoms with E-state index < -0.39 is 11.6 Å². The zero-order valence-corrected chi connectivity index (χ0v) is 10.1. The van der Waals surface area contributed by atoms with Crippen molar-refractivity contribution in [3.8, 4) is 0 Å². The third-order valence-electron chi connectivity index (χ3n) is 2.63. The molecule has 5 heteroatoms. The highest BCUT2D eigenvalue weighted by Gasteiger charge is 2.12. The lowest BCUT2D eigenvalue weighted by Crippen LogP contribution is -2.12. The Morgan fingerprint density at radius 3 is 2.56 bits per heavy atom. The first-order valence-electron chi connectivity index (χ1n) is 5.57. The maximum Gasteiger partial charge on any atom is 0.149 e. The quantitative estimate of drug-likeness (QED) is 0.907. The molecule has 0 radical (unpaired) electrons. The first-order chi connectivity index (χ1) is 8.58. The molecule has 0 aliphatic carbocycles. The highest BCUT2D eigenvalue weighted by molar-refractivity contribution is 5.46. The number of nitrogens with zero attached hydrogens (tertiary/aromatic N) is 2. The summed E-state index contributed by atoms with van der Waals surface area (Å²) in [5.74, 6) is -1.22. The minimum absolute atomic E-state index is 0.210. The molecule has 1 N–H and O–H groups in total. The molecule has 0 aliphatic rings. The molecule has 2 aromatic rings. The van der Waals surface area contributed by atoms with Gasteiger partial charge in [0, 0.05) is 18.5 Å². The second kappa shape index (κ2) is 5.08. The van der Waals surface area contributed by atoms with Crippen molar-refractivity contribution < 1.29 is 8.78 Å². The SMILES string of the molecule is Cc1nccnc1C(C)Nc1ccc(F)cc1F. The summed E-state index contributed by atoms with van der Waals surface area (Å²) in [6.45, 7) is 3.68. The van der Waals surface area contributed by atoms with Gasteiger partial charge in [-0.3, -0.25) is 9.97 Å². The lowest BCUT2D eigenvalue weighted by molar-refractivity contribution is 0.583. The maximum atomic E-state index is 13.5. The number of aromatic nitrogens is 2. The van der Waals surface area contributed by atoms with Crippen LogP contribution in [0, 0.1) is 18.6 Å². The third kappa shape index (κ3) is 2.61. The van der Waals surface area contributed by atoms with Crippen molar-refractivity contribution in [3.05, 3.63) is 53.6 Å². The fourth-order valence-corrected chi connectivity index (χ4v) is 1.75. The molecule has 2 rings (SSSR count). The molecular weight excluding hydrogens is 236 g/mol. The van der Waals surface area contributed by atoms with Crippen LogP contribution in [0.25, 0.3) is 0 Å². The van der Waals surface area contributed by atoms with Crippen LogP contribution in [0.3, 0.4) is 0 Å². The van der Waals surface area contributed by atoms with Gasteiger partial charge in [0.2, 0.25) is 0 Å². The summed E-state index contributed by atoms with van der Waals surface area (Å²) in [5, 5.41) is 2.95.